The highest BCUT2D eigenvalue weighted by molar-refractivity contribution is 7.91. The minimum Gasteiger partial charge on any atom is -0.478 e. The van der Waals surface area contributed by atoms with Crippen LogP contribution in [0.2, 0.25) is 0 Å². The predicted octanol–water partition coefficient (Wildman–Crippen LogP) is 2.34. The van der Waals surface area contributed by atoms with E-state index in [0.717, 1.165) is 48.3 Å². The third-order valence-electron chi connectivity index (χ3n) is 5.19. The summed E-state index contributed by atoms with van der Waals surface area (Å²) >= 11 is 1.09. The fourth-order valence-electron chi connectivity index (χ4n) is 3.75. The first-order valence-electron chi connectivity index (χ1n) is 8.47. The number of fused-ring (bicyclic) bond motifs is 1. The molecule has 1 fully saturated rings. The molecule has 1 saturated carbocycles. The minimum absolute atomic E-state index is 0.0258. The van der Waals surface area contributed by atoms with Crippen molar-refractivity contribution in [3.05, 3.63) is 16.0 Å². The van der Waals surface area contributed by atoms with Gasteiger partial charge < -0.3 is 10.4 Å². The maximum absolute atomic E-state index is 12.8. The van der Waals surface area contributed by atoms with Crippen LogP contribution in [0.3, 0.4) is 0 Å². The van der Waals surface area contributed by atoms with Crippen molar-refractivity contribution in [1.82, 2.24) is 10.0 Å². The van der Waals surface area contributed by atoms with Crippen LogP contribution < -0.4 is 10.0 Å². The molecule has 1 aromatic rings. The van der Waals surface area contributed by atoms with Gasteiger partial charge in [-0.15, -0.1) is 11.3 Å². The first-order chi connectivity index (χ1) is 11.4. The van der Waals surface area contributed by atoms with Gasteiger partial charge in [-0.25, -0.2) is 17.9 Å². The number of hydrogen-bond acceptors (Lipinski definition) is 5. The molecule has 0 radical (unpaired) electrons. The summed E-state index contributed by atoms with van der Waals surface area (Å²) in [5.74, 6) is -1.15. The number of hydrogen-bond donors (Lipinski definition) is 3. The van der Waals surface area contributed by atoms with Gasteiger partial charge in [0.2, 0.25) is 0 Å². The van der Waals surface area contributed by atoms with Gasteiger partial charge in [0.25, 0.3) is 10.0 Å². The van der Waals surface area contributed by atoms with Crippen LogP contribution in [0.5, 0.6) is 0 Å². The van der Waals surface area contributed by atoms with Gasteiger partial charge in [-0.1, -0.05) is 19.8 Å². The maximum Gasteiger partial charge on any atom is 0.338 e. The average Bonchev–Trinajstić information content (AvgIpc) is 2.90. The normalized spacial score (nSPS) is 19.5. The zero-order valence-electron chi connectivity index (χ0n) is 13.9. The van der Waals surface area contributed by atoms with Crippen LogP contribution in [0.4, 0.5) is 0 Å². The highest BCUT2D eigenvalue weighted by atomic mass is 32.2. The first kappa shape index (κ1) is 17.8. The summed E-state index contributed by atoms with van der Waals surface area (Å²) in [5.41, 5.74) is 0.713. The minimum atomic E-state index is -3.80. The van der Waals surface area contributed by atoms with Gasteiger partial charge in [0, 0.05) is 18.0 Å². The van der Waals surface area contributed by atoms with Crippen LogP contribution in [0, 0.1) is 5.41 Å². The summed E-state index contributed by atoms with van der Waals surface area (Å²) in [7, 11) is -3.80. The molecule has 0 saturated heterocycles. The Bertz CT molecular complexity index is 736. The highest BCUT2D eigenvalue weighted by Crippen LogP contribution is 2.44. The molecular formula is C16H24N2O4S2. The van der Waals surface area contributed by atoms with Gasteiger partial charge in [0.15, 0.2) is 0 Å². The molecule has 24 heavy (non-hydrogen) atoms. The second-order valence-electron chi connectivity index (χ2n) is 6.83. The van der Waals surface area contributed by atoms with Gasteiger partial charge >= 0.3 is 5.97 Å². The van der Waals surface area contributed by atoms with Crippen molar-refractivity contribution in [2.45, 2.75) is 56.2 Å². The van der Waals surface area contributed by atoms with E-state index in [9.17, 15) is 18.3 Å². The molecule has 0 spiro atoms. The number of carbonyl (C=O) groups is 1. The van der Waals surface area contributed by atoms with Gasteiger partial charge in [-0.3, -0.25) is 0 Å². The molecule has 1 aromatic heterocycles. The monoisotopic (exact) mass is 372 g/mol. The number of sulfonamides is 1. The van der Waals surface area contributed by atoms with E-state index >= 15 is 0 Å². The summed E-state index contributed by atoms with van der Waals surface area (Å²) in [6.45, 7) is 3.73. The molecule has 0 atom stereocenters. The Kier molecular flexibility index (Phi) is 5.01. The maximum atomic E-state index is 12.8. The molecule has 0 unspecified atom stereocenters. The van der Waals surface area contributed by atoms with Crippen molar-refractivity contribution in [3.63, 3.8) is 0 Å². The van der Waals surface area contributed by atoms with Crippen LogP contribution in [0.15, 0.2) is 4.21 Å². The van der Waals surface area contributed by atoms with Crippen LogP contribution in [0.1, 0.15) is 59.8 Å². The molecule has 6 nitrogen and oxygen atoms in total. The van der Waals surface area contributed by atoms with Crippen molar-refractivity contribution in [3.8, 4) is 0 Å². The molecular weight excluding hydrogens is 348 g/mol. The average molecular weight is 373 g/mol. The highest BCUT2D eigenvalue weighted by Gasteiger charge is 2.38. The quantitative estimate of drug-likeness (QED) is 0.683. The van der Waals surface area contributed by atoms with Crippen molar-refractivity contribution in [1.29, 1.82) is 0 Å². The van der Waals surface area contributed by atoms with E-state index in [-0.39, 0.29) is 15.2 Å². The van der Waals surface area contributed by atoms with Gasteiger partial charge in [-0.2, -0.15) is 0 Å². The topological polar surface area (TPSA) is 95.5 Å². The fraction of sp³-hybridized carbons (Fsp3) is 0.688. The molecule has 2 aliphatic rings. The second-order valence-corrected chi connectivity index (χ2v) is 9.89. The van der Waals surface area contributed by atoms with Crippen molar-refractivity contribution in [2.75, 3.05) is 13.1 Å². The van der Waals surface area contributed by atoms with E-state index in [4.69, 9.17) is 0 Å². The molecule has 134 valence electrons. The fourth-order valence-corrected chi connectivity index (χ4v) is 6.81. The number of aromatic carboxylic acids is 1. The van der Waals surface area contributed by atoms with E-state index < -0.39 is 16.0 Å². The zero-order chi connectivity index (χ0) is 17.4. The third-order valence-corrected chi connectivity index (χ3v) is 8.34. The Hall–Kier alpha value is -0.960. The van der Waals surface area contributed by atoms with E-state index in [1.807, 2.05) is 0 Å². The molecule has 0 amide bonds. The number of nitrogens with one attached hydrogen (secondary N) is 2. The summed E-state index contributed by atoms with van der Waals surface area (Å²) in [6.07, 6.45) is 5.82. The molecule has 1 aliphatic heterocycles. The van der Waals surface area contributed by atoms with E-state index in [2.05, 4.69) is 17.0 Å². The lowest BCUT2D eigenvalue weighted by atomic mass is 9.66. The van der Waals surface area contributed by atoms with Crippen molar-refractivity contribution in [2.24, 2.45) is 5.41 Å². The first-order valence-corrected chi connectivity index (χ1v) is 10.8. The largest absolute Gasteiger partial charge is 0.478 e. The molecule has 3 N–H and O–H groups in total. The molecule has 2 heterocycles. The molecule has 0 bridgehead atoms. The Balaban J connectivity index is 1.87. The Morgan fingerprint density at radius 3 is 2.75 bits per heavy atom. The van der Waals surface area contributed by atoms with Crippen LogP contribution in [0.25, 0.3) is 0 Å². The number of rotatable bonds is 7. The standard InChI is InChI=1S/C16H24N2O4S2/c1-2-5-16(6-3-7-16)10-18-24(21,22)15-13(14(19)20)11-4-8-17-9-12(11)23-15/h17-18H,2-10H2,1H3,(H,19,20). The summed E-state index contributed by atoms with van der Waals surface area (Å²) in [4.78, 5) is 12.5. The summed E-state index contributed by atoms with van der Waals surface area (Å²) in [5, 5.41) is 12.7. The Labute approximate surface area is 146 Å². The number of carboxylic acid groups (broad SMARTS) is 1. The van der Waals surface area contributed by atoms with E-state index in [0.29, 0.717) is 31.6 Å². The lowest BCUT2D eigenvalue weighted by Gasteiger charge is -2.42. The van der Waals surface area contributed by atoms with Crippen LogP contribution >= 0.6 is 11.3 Å². The van der Waals surface area contributed by atoms with Crippen molar-refractivity contribution < 1.29 is 18.3 Å². The third kappa shape index (κ3) is 3.24. The SMILES string of the molecule is CCCC1(CNS(=O)(=O)c2sc3c(c2C(=O)O)CCNC3)CCC1. The zero-order valence-corrected chi connectivity index (χ0v) is 15.5. The molecule has 8 heteroatoms. The molecule has 1 aliphatic carbocycles. The molecule has 0 aromatic carbocycles. The van der Waals surface area contributed by atoms with Gasteiger partial charge in [0.05, 0.1) is 5.56 Å². The van der Waals surface area contributed by atoms with Crippen LogP contribution in [-0.2, 0) is 23.0 Å². The van der Waals surface area contributed by atoms with E-state index in [1.165, 1.54) is 0 Å². The summed E-state index contributed by atoms with van der Waals surface area (Å²) < 4.78 is 28.2. The Morgan fingerprint density at radius 1 is 1.42 bits per heavy atom. The smallest absolute Gasteiger partial charge is 0.338 e. The van der Waals surface area contributed by atoms with Gasteiger partial charge in [-0.05, 0) is 43.2 Å². The number of thiophene rings is 1. The summed E-state index contributed by atoms with van der Waals surface area (Å²) in [6, 6.07) is 0. The van der Waals surface area contributed by atoms with E-state index in [1.54, 1.807) is 0 Å². The number of carboxylic acids is 1. The van der Waals surface area contributed by atoms with Crippen molar-refractivity contribution >= 4 is 27.3 Å². The van der Waals surface area contributed by atoms with Gasteiger partial charge in [0.1, 0.15) is 4.21 Å². The Morgan fingerprint density at radius 2 is 2.17 bits per heavy atom. The predicted molar refractivity (Wildman–Crippen MR) is 93.1 cm³/mol. The molecule has 3 rings (SSSR count). The van der Waals surface area contributed by atoms with Crippen LogP contribution in [-0.4, -0.2) is 32.6 Å². The lowest BCUT2D eigenvalue weighted by molar-refractivity contribution is 0.0692. The lowest BCUT2D eigenvalue weighted by Crippen LogP contribution is -2.42. The second kappa shape index (κ2) is 6.74.